The molecule has 27 heavy (non-hydrogen) atoms. The number of piperidine rings is 1. The van der Waals surface area contributed by atoms with Crippen LogP contribution in [0.3, 0.4) is 0 Å². The highest BCUT2D eigenvalue weighted by Crippen LogP contribution is 2.25. The first-order chi connectivity index (χ1) is 12.9. The molecule has 8 heteroatoms. The first-order valence-corrected chi connectivity index (χ1v) is 11.1. The summed E-state index contributed by atoms with van der Waals surface area (Å²) >= 11 is 3.44. The van der Waals surface area contributed by atoms with Crippen LogP contribution < -0.4 is 5.32 Å². The molecule has 3 rings (SSSR count). The van der Waals surface area contributed by atoms with E-state index in [1.165, 1.54) is 10.5 Å². The van der Waals surface area contributed by atoms with E-state index in [0.717, 1.165) is 10.0 Å². The molecule has 0 saturated carbocycles. The summed E-state index contributed by atoms with van der Waals surface area (Å²) in [4.78, 5) is 16.7. The molecule has 1 atom stereocenters. The van der Waals surface area contributed by atoms with Crippen molar-refractivity contribution in [2.45, 2.75) is 30.7 Å². The molecular formula is C19H22BrN3O3S. The van der Waals surface area contributed by atoms with Crippen molar-refractivity contribution in [3.8, 4) is 0 Å². The highest BCUT2D eigenvalue weighted by atomic mass is 79.9. The summed E-state index contributed by atoms with van der Waals surface area (Å²) in [6, 6.07) is 10.9. The van der Waals surface area contributed by atoms with Gasteiger partial charge in [-0.15, -0.1) is 0 Å². The van der Waals surface area contributed by atoms with Gasteiger partial charge in [0, 0.05) is 35.9 Å². The van der Waals surface area contributed by atoms with Gasteiger partial charge in [-0.25, -0.2) is 8.42 Å². The lowest BCUT2D eigenvalue weighted by molar-refractivity contribution is -0.126. The number of aromatic nitrogens is 1. The number of hydrogen-bond donors (Lipinski definition) is 1. The third kappa shape index (κ3) is 4.75. The van der Waals surface area contributed by atoms with E-state index in [-0.39, 0.29) is 22.8 Å². The second-order valence-corrected chi connectivity index (χ2v) is 9.51. The standard InChI is InChI=1S/C19H22BrN3O3S/c1-14(16-4-2-5-17(20)12-16)22-19(24)15-7-10-23(11-8-15)27(25,26)18-6-3-9-21-13-18/h2-6,9,12-15H,7-8,10-11H2,1H3,(H,22,24). The average molecular weight is 452 g/mol. The zero-order valence-corrected chi connectivity index (χ0v) is 17.4. The number of carbonyl (C=O) groups is 1. The van der Waals surface area contributed by atoms with Gasteiger partial charge in [0.25, 0.3) is 0 Å². The van der Waals surface area contributed by atoms with E-state index >= 15 is 0 Å². The Morgan fingerprint density at radius 3 is 2.63 bits per heavy atom. The van der Waals surface area contributed by atoms with Crippen LogP contribution in [0.25, 0.3) is 0 Å². The molecule has 1 aliphatic heterocycles. The van der Waals surface area contributed by atoms with Gasteiger partial charge >= 0.3 is 0 Å². The SMILES string of the molecule is CC(NC(=O)C1CCN(S(=O)(=O)c2cccnc2)CC1)c1cccc(Br)c1. The number of carbonyl (C=O) groups excluding carboxylic acids is 1. The molecule has 0 bridgehead atoms. The van der Waals surface area contributed by atoms with Crippen LogP contribution in [0.2, 0.25) is 0 Å². The van der Waals surface area contributed by atoms with Gasteiger partial charge in [0.05, 0.1) is 6.04 Å². The fourth-order valence-corrected chi connectivity index (χ4v) is 5.05. The Hall–Kier alpha value is -1.77. The zero-order valence-electron chi connectivity index (χ0n) is 15.0. The maximum atomic E-state index is 12.6. The van der Waals surface area contributed by atoms with Crippen LogP contribution in [0.5, 0.6) is 0 Å². The van der Waals surface area contributed by atoms with Gasteiger partial charge in [-0.3, -0.25) is 9.78 Å². The molecule has 0 spiro atoms. The molecule has 1 fully saturated rings. The van der Waals surface area contributed by atoms with Crippen molar-refractivity contribution in [2.75, 3.05) is 13.1 Å². The van der Waals surface area contributed by atoms with Crippen LogP contribution >= 0.6 is 15.9 Å². The molecule has 1 unspecified atom stereocenters. The predicted octanol–water partition coefficient (Wildman–Crippen LogP) is 3.12. The van der Waals surface area contributed by atoms with Crippen LogP contribution in [-0.2, 0) is 14.8 Å². The predicted molar refractivity (Wildman–Crippen MR) is 106 cm³/mol. The van der Waals surface area contributed by atoms with Crippen molar-refractivity contribution in [1.29, 1.82) is 0 Å². The van der Waals surface area contributed by atoms with Crippen LogP contribution in [0.1, 0.15) is 31.4 Å². The number of pyridine rings is 1. The zero-order chi connectivity index (χ0) is 19.4. The molecule has 6 nitrogen and oxygen atoms in total. The van der Waals surface area contributed by atoms with Crippen molar-refractivity contribution < 1.29 is 13.2 Å². The third-order valence-electron chi connectivity index (χ3n) is 4.80. The largest absolute Gasteiger partial charge is 0.349 e. The van der Waals surface area contributed by atoms with Crippen molar-refractivity contribution >= 4 is 31.9 Å². The van der Waals surface area contributed by atoms with Crippen molar-refractivity contribution in [3.05, 3.63) is 58.8 Å². The average Bonchev–Trinajstić information content (AvgIpc) is 2.68. The quantitative estimate of drug-likeness (QED) is 0.756. The Labute approximate surface area is 168 Å². The maximum Gasteiger partial charge on any atom is 0.244 e. The van der Waals surface area contributed by atoms with Crippen LogP contribution in [0.4, 0.5) is 0 Å². The lowest BCUT2D eigenvalue weighted by Crippen LogP contribution is -2.43. The van der Waals surface area contributed by atoms with E-state index in [1.54, 1.807) is 18.3 Å². The summed E-state index contributed by atoms with van der Waals surface area (Å²) in [6.45, 7) is 2.61. The number of nitrogens with one attached hydrogen (secondary N) is 1. The summed E-state index contributed by atoms with van der Waals surface area (Å²) in [5.41, 5.74) is 1.02. The van der Waals surface area contributed by atoms with E-state index in [0.29, 0.717) is 25.9 Å². The summed E-state index contributed by atoms with van der Waals surface area (Å²) < 4.78 is 27.7. The smallest absolute Gasteiger partial charge is 0.244 e. The molecule has 2 aromatic rings. The van der Waals surface area contributed by atoms with Gasteiger partial charge < -0.3 is 5.32 Å². The van der Waals surface area contributed by atoms with Crippen LogP contribution in [-0.4, -0.2) is 36.7 Å². The van der Waals surface area contributed by atoms with Gasteiger partial charge in [-0.05, 0) is 49.6 Å². The van der Waals surface area contributed by atoms with E-state index in [2.05, 4.69) is 26.2 Å². The van der Waals surface area contributed by atoms with Crippen LogP contribution in [0, 0.1) is 5.92 Å². The molecule has 0 radical (unpaired) electrons. The molecular weight excluding hydrogens is 430 g/mol. The molecule has 1 aromatic carbocycles. The topological polar surface area (TPSA) is 79.4 Å². The van der Waals surface area contributed by atoms with Gasteiger partial charge in [-0.2, -0.15) is 4.31 Å². The summed E-state index contributed by atoms with van der Waals surface area (Å²) in [5.74, 6) is -0.208. The van der Waals surface area contributed by atoms with Crippen molar-refractivity contribution in [2.24, 2.45) is 5.92 Å². The number of hydrogen-bond acceptors (Lipinski definition) is 4. The molecule has 144 valence electrons. The normalized spacial score (nSPS) is 17.4. The van der Waals surface area contributed by atoms with Crippen molar-refractivity contribution in [1.82, 2.24) is 14.6 Å². The maximum absolute atomic E-state index is 12.6. The van der Waals surface area contributed by atoms with Crippen LogP contribution in [0.15, 0.2) is 58.2 Å². The first-order valence-electron chi connectivity index (χ1n) is 8.84. The Bertz CT molecular complexity index is 897. The van der Waals surface area contributed by atoms with E-state index < -0.39 is 10.0 Å². The molecule has 1 aromatic heterocycles. The minimum atomic E-state index is -3.55. The Morgan fingerprint density at radius 2 is 2.00 bits per heavy atom. The van der Waals surface area contributed by atoms with Gasteiger partial charge in [-0.1, -0.05) is 28.1 Å². The monoisotopic (exact) mass is 451 g/mol. The number of nitrogens with zero attached hydrogens (tertiary/aromatic N) is 2. The Balaban J connectivity index is 1.58. The second-order valence-electron chi connectivity index (χ2n) is 6.65. The molecule has 1 saturated heterocycles. The van der Waals surface area contributed by atoms with Gasteiger partial charge in [0.15, 0.2) is 0 Å². The molecule has 1 N–H and O–H groups in total. The first kappa shape index (κ1) is 20.0. The van der Waals surface area contributed by atoms with E-state index in [1.807, 2.05) is 31.2 Å². The molecule has 2 heterocycles. The number of benzene rings is 1. The number of halogens is 1. The lowest BCUT2D eigenvalue weighted by Gasteiger charge is -2.31. The van der Waals surface area contributed by atoms with Gasteiger partial charge in [0.2, 0.25) is 15.9 Å². The molecule has 1 aliphatic rings. The van der Waals surface area contributed by atoms with Crippen molar-refractivity contribution in [3.63, 3.8) is 0 Å². The highest BCUT2D eigenvalue weighted by Gasteiger charge is 2.32. The highest BCUT2D eigenvalue weighted by molar-refractivity contribution is 9.10. The van der Waals surface area contributed by atoms with E-state index in [9.17, 15) is 13.2 Å². The number of amides is 1. The molecule has 0 aliphatic carbocycles. The fourth-order valence-electron chi connectivity index (χ4n) is 3.20. The second kappa shape index (κ2) is 8.50. The summed E-state index contributed by atoms with van der Waals surface area (Å²) in [7, 11) is -3.55. The lowest BCUT2D eigenvalue weighted by atomic mass is 9.96. The van der Waals surface area contributed by atoms with Gasteiger partial charge in [0.1, 0.15) is 4.90 Å². The Kier molecular flexibility index (Phi) is 6.29. The number of sulfonamides is 1. The summed E-state index contributed by atoms with van der Waals surface area (Å²) in [5, 5.41) is 3.04. The summed E-state index contributed by atoms with van der Waals surface area (Å²) in [6.07, 6.45) is 3.92. The van der Waals surface area contributed by atoms with E-state index in [4.69, 9.17) is 0 Å². The molecule has 1 amide bonds. The number of rotatable bonds is 5. The third-order valence-corrected chi connectivity index (χ3v) is 7.18. The minimum absolute atomic E-state index is 0.0269. The minimum Gasteiger partial charge on any atom is -0.349 e. The fraction of sp³-hybridized carbons (Fsp3) is 0.368. The Morgan fingerprint density at radius 1 is 1.26 bits per heavy atom.